The molecule has 122 valence electrons. The predicted octanol–water partition coefficient (Wildman–Crippen LogP) is 1.61. The Morgan fingerprint density at radius 3 is 2.86 bits per heavy atom. The number of aromatic nitrogens is 3. The zero-order valence-corrected chi connectivity index (χ0v) is 14.5. The summed E-state index contributed by atoms with van der Waals surface area (Å²) in [5, 5.41) is 15.3. The van der Waals surface area contributed by atoms with E-state index in [1.54, 1.807) is 0 Å². The monoisotopic (exact) mass is 322 g/mol. The minimum atomic E-state index is 0.341. The second-order valence-electron chi connectivity index (χ2n) is 6.56. The zero-order chi connectivity index (χ0) is 15.6. The van der Waals surface area contributed by atoms with Crippen LogP contribution in [0.25, 0.3) is 0 Å². The number of hydrogen-bond acceptors (Lipinski definition) is 4. The molecule has 1 unspecified atom stereocenters. The molecule has 0 amide bonds. The van der Waals surface area contributed by atoms with E-state index in [4.69, 9.17) is 4.99 Å². The SMILES string of the molecule is Cc1nnc(CN=C(NCC2(C)CCCS2)NC2CC2)n1C. The van der Waals surface area contributed by atoms with E-state index in [-0.39, 0.29) is 0 Å². The topological polar surface area (TPSA) is 67.1 Å². The number of nitrogens with one attached hydrogen (secondary N) is 2. The van der Waals surface area contributed by atoms with Gasteiger partial charge in [-0.2, -0.15) is 11.8 Å². The van der Waals surface area contributed by atoms with Crippen molar-refractivity contribution in [3.8, 4) is 0 Å². The van der Waals surface area contributed by atoms with Crippen LogP contribution in [0.5, 0.6) is 0 Å². The molecule has 3 rings (SSSR count). The molecule has 22 heavy (non-hydrogen) atoms. The Labute approximate surface area is 136 Å². The number of rotatable bonds is 5. The highest BCUT2D eigenvalue weighted by Crippen LogP contribution is 2.36. The molecular formula is C15H26N6S. The van der Waals surface area contributed by atoms with Crippen LogP contribution in [0.3, 0.4) is 0 Å². The molecule has 7 heteroatoms. The Hall–Kier alpha value is -1.24. The second-order valence-corrected chi connectivity index (χ2v) is 8.24. The number of hydrogen-bond donors (Lipinski definition) is 2. The van der Waals surface area contributed by atoms with Gasteiger partial charge < -0.3 is 15.2 Å². The Bertz CT molecular complexity index is 542. The van der Waals surface area contributed by atoms with E-state index in [1.807, 2.05) is 18.5 Å². The highest BCUT2D eigenvalue weighted by atomic mass is 32.2. The number of thioether (sulfide) groups is 1. The highest BCUT2D eigenvalue weighted by molar-refractivity contribution is 8.00. The fourth-order valence-electron chi connectivity index (χ4n) is 2.56. The molecule has 1 saturated carbocycles. The molecule has 2 fully saturated rings. The van der Waals surface area contributed by atoms with Crippen molar-refractivity contribution in [2.45, 2.75) is 56.9 Å². The van der Waals surface area contributed by atoms with Crippen LogP contribution < -0.4 is 10.6 Å². The maximum absolute atomic E-state index is 4.70. The lowest BCUT2D eigenvalue weighted by atomic mass is 10.1. The molecule has 2 aliphatic rings. The third-order valence-corrected chi connectivity index (χ3v) is 5.95. The first-order valence-electron chi connectivity index (χ1n) is 8.09. The average molecular weight is 322 g/mol. The lowest BCUT2D eigenvalue weighted by Crippen LogP contribution is -2.44. The van der Waals surface area contributed by atoms with Crippen LogP contribution in [-0.2, 0) is 13.6 Å². The van der Waals surface area contributed by atoms with Crippen molar-refractivity contribution in [2.24, 2.45) is 12.0 Å². The molecule has 0 spiro atoms. The standard InChI is InChI=1S/C15H26N6S/c1-11-19-20-13(21(11)3)9-16-14(18-12-5-6-12)17-10-15(2)7-4-8-22-15/h12H,4-10H2,1-3H3,(H2,16,17,18). The van der Waals surface area contributed by atoms with E-state index < -0.39 is 0 Å². The first-order chi connectivity index (χ1) is 10.6. The van der Waals surface area contributed by atoms with Crippen molar-refractivity contribution in [1.82, 2.24) is 25.4 Å². The van der Waals surface area contributed by atoms with E-state index in [1.165, 1.54) is 31.4 Å². The Kier molecular flexibility index (Phi) is 4.61. The average Bonchev–Trinajstić information content (AvgIpc) is 3.13. The zero-order valence-electron chi connectivity index (χ0n) is 13.7. The molecule has 0 radical (unpaired) electrons. The number of nitrogens with zero attached hydrogens (tertiary/aromatic N) is 4. The van der Waals surface area contributed by atoms with Gasteiger partial charge >= 0.3 is 0 Å². The van der Waals surface area contributed by atoms with Crippen LogP contribution in [0.4, 0.5) is 0 Å². The molecule has 2 N–H and O–H groups in total. The van der Waals surface area contributed by atoms with E-state index in [0.29, 0.717) is 17.3 Å². The second kappa shape index (κ2) is 6.48. The maximum atomic E-state index is 4.70. The summed E-state index contributed by atoms with van der Waals surface area (Å²) in [6.45, 7) is 5.83. The van der Waals surface area contributed by atoms with Crippen molar-refractivity contribution in [3.05, 3.63) is 11.6 Å². The van der Waals surface area contributed by atoms with Gasteiger partial charge in [-0.05, 0) is 45.3 Å². The van der Waals surface area contributed by atoms with Crippen LogP contribution in [0.1, 0.15) is 44.3 Å². The van der Waals surface area contributed by atoms with Gasteiger partial charge in [0.25, 0.3) is 0 Å². The van der Waals surface area contributed by atoms with E-state index in [2.05, 4.69) is 39.5 Å². The van der Waals surface area contributed by atoms with Gasteiger partial charge in [-0.15, -0.1) is 10.2 Å². The summed E-state index contributed by atoms with van der Waals surface area (Å²) in [4.78, 5) is 4.70. The fraction of sp³-hybridized carbons (Fsp3) is 0.800. The Morgan fingerprint density at radius 1 is 1.45 bits per heavy atom. The van der Waals surface area contributed by atoms with Crippen LogP contribution in [0.15, 0.2) is 4.99 Å². The summed E-state index contributed by atoms with van der Waals surface area (Å²) >= 11 is 2.07. The maximum Gasteiger partial charge on any atom is 0.191 e. The summed E-state index contributed by atoms with van der Waals surface area (Å²) in [6, 6.07) is 0.594. The minimum absolute atomic E-state index is 0.341. The van der Waals surface area contributed by atoms with Crippen molar-refractivity contribution in [3.63, 3.8) is 0 Å². The molecule has 6 nitrogen and oxygen atoms in total. The lowest BCUT2D eigenvalue weighted by molar-refractivity contribution is 0.583. The first kappa shape index (κ1) is 15.6. The fourth-order valence-corrected chi connectivity index (χ4v) is 3.80. The molecule has 1 aliphatic heterocycles. The Balaban J connectivity index is 1.60. The lowest BCUT2D eigenvalue weighted by Gasteiger charge is -2.24. The van der Waals surface area contributed by atoms with Crippen molar-refractivity contribution in [1.29, 1.82) is 0 Å². The number of aliphatic imine (C=N–C) groups is 1. The molecule has 2 heterocycles. The molecule has 1 aromatic rings. The third-order valence-electron chi connectivity index (χ3n) is 4.41. The number of guanidine groups is 1. The van der Waals surface area contributed by atoms with Crippen molar-refractivity contribution >= 4 is 17.7 Å². The molecule has 1 saturated heterocycles. The van der Waals surface area contributed by atoms with Crippen molar-refractivity contribution in [2.75, 3.05) is 12.3 Å². The summed E-state index contributed by atoms with van der Waals surface area (Å²) in [5.41, 5.74) is 0. The number of aryl methyl sites for hydroxylation is 1. The third kappa shape index (κ3) is 3.94. The predicted molar refractivity (Wildman–Crippen MR) is 91.1 cm³/mol. The van der Waals surface area contributed by atoms with Gasteiger partial charge in [0.05, 0.1) is 0 Å². The molecule has 0 aromatic carbocycles. The first-order valence-corrected chi connectivity index (χ1v) is 9.08. The Morgan fingerprint density at radius 2 is 2.27 bits per heavy atom. The van der Waals surface area contributed by atoms with Gasteiger partial charge in [-0.3, -0.25) is 0 Å². The van der Waals surface area contributed by atoms with Gasteiger partial charge in [-0.25, -0.2) is 4.99 Å². The molecule has 0 bridgehead atoms. The van der Waals surface area contributed by atoms with Gasteiger partial charge in [0, 0.05) is 24.4 Å². The summed E-state index contributed by atoms with van der Waals surface area (Å²) in [5.74, 6) is 4.01. The van der Waals surface area contributed by atoms with E-state index >= 15 is 0 Å². The van der Waals surface area contributed by atoms with E-state index in [9.17, 15) is 0 Å². The van der Waals surface area contributed by atoms with Crippen LogP contribution >= 0.6 is 11.8 Å². The van der Waals surface area contributed by atoms with Gasteiger partial charge in [-0.1, -0.05) is 0 Å². The quantitative estimate of drug-likeness (QED) is 0.637. The summed E-state index contributed by atoms with van der Waals surface area (Å²) in [7, 11) is 1.98. The van der Waals surface area contributed by atoms with Crippen LogP contribution in [0, 0.1) is 6.92 Å². The van der Waals surface area contributed by atoms with Gasteiger partial charge in [0.2, 0.25) is 0 Å². The largest absolute Gasteiger partial charge is 0.355 e. The molecular weight excluding hydrogens is 296 g/mol. The van der Waals surface area contributed by atoms with Crippen molar-refractivity contribution < 1.29 is 0 Å². The normalized spacial score (nSPS) is 25.5. The van der Waals surface area contributed by atoms with Crippen LogP contribution in [0.2, 0.25) is 0 Å². The van der Waals surface area contributed by atoms with E-state index in [0.717, 1.165) is 24.2 Å². The summed E-state index contributed by atoms with van der Waals surface area (Å²) < 4.78 is 2.33. The molecule has 1 aromatic heterocycles. The minimum Gasteiger partial charge on any atom is -0.355 e. The molecule has 1 aliphatic carbocycles. The summed E-state index contributed by atoms with van der Waals surface area (Å²) in [6.07, 6.45) is 5.10. The van der Waals surface area contributed by atoms with Gasteiger partial charge in [0.1, 0.15) is 12.4 Å². The van der Waals surface area contributed by atoms with Crippen LogP contribution in [-0.4, -0.2) is 43.8 Å². The van der Waals surface area contributed by atoms with Gasteiger partial charge in [0.15, 0.2) is 11.8 Å². The molecule has 1 atom stereocenters. The highest BCUT2D eigenvalue weighted by Gasteiger charge is 2.30. The smallest absolute Gasteiger partial charge is 0.191 e.